The number of aryl methyl sites for hydroxylation is 2. The van der Waals surface area contributed by atoms with E-state index >= 15 is 0 Å². The van der Waals surface area contributed by atoms with E-state index in [9.17, 15) is 0 Å². The minimum Gasteiger partial charge on any atom is -0.481 e. The van der Waals surface area contributed by atoms with Crippen molar-refractivity contribution >= 4 is 0 Å². The van der Waals surface area contributed by atoms with Gasteiger partial charge in [0.05, 0.1) is 24.5 Å². The van der Waals surface area contributed by atoms with Crippen LogP contribution < -0.4 is 10.1 Å². The van der Waals surface area contributed by atoms with E-state index in [4.69, 9.17) is 9.47 Å². The predicted octanol–water partition coefficient (Wildman–Crippen LogP) is 2.20. The molecule has 0 saturated carbocycles. The highest BCUT2D eigenvalue weighted by Crippen LogP contribution is 2.39. The first-order valence-electron chi connectivity index (χ1n) is 7.58. The Kier molecular flexibility index (Phi) is 5.43. The Bertz CT molecular complexity index is 431. The fourth-order valence-electron chi connectivity index (χ4n) is 3.06. The van der Waals surface area contributed by atoms with Crippen molar-refractivity contribution < 1.29 is 9.47 Å². The normalized spacial score (nSPS) is 23.0. The lowest BCUT2D eigenvalue weighted by Crippen LogP contribution is -2.32. The van der Waals surface area contributed by atoms with Crippen LogP contribution in [0.15, 0.2) is 0 Å². The van der Waals surface area contributed by atoms with Crippen molar-refractivity contribution in [2.75, 3.05) is 26.8 Å². The fraction of sp³-hybridized carbons (Fsp3) is 0.800. The molecule has 1 N–H and O–H groups in total. The molecule has 1 aromatic heterocycles. The van der Waals surface area contributed by atoms with Crippen molar-refractivity contribution in [2.24, 2.45) is 13.0 Å². The fourth-order valence-corrected chi connectivity index (χ4v) is 3.06. The molecule has 2 atom stereocenters. The zero-order valence-electron chi connectivity index (χ0n) is 13.1. The van der Waals surface area contributed by atoms with Crippen molar-refractivity contribution in [1.82, 2.24) is 15.1 Å². The van der Waals surface area contributed by atoms with E-state index in [2.05, 4.69) is 17.3 Å². The lowest BCUT2D eigenvalue weighted by Gasteiger charge is -2.32. The molecular formula is C15H27N3O2. The molecule has 5 heteroatoms. The summed E-state index contributed by atoms with van der Waals surface area (Å²) in [6.07, 6.45) is 3.58. The third-order valence-corrected chi connectivity index (χ3v) is 3.97. The first-order valence-corrected chi connectivity index (χ1v) is 7.58. The molecule has 0 radical (unpaired) electrons. The van der Waals surface area contributed by atoms with Gasteiger partial charge in [0.15, 0.2) is 0 Å². The van der Waals surface area contributed by atoms with Gasteiger partial charge in [-0.25, -0.2) is 4.68 Å². The zero-order valence-corrected chi connectivity index (χ0v) is 13.1. The average molecular weight is 281 g/mol. The Labute approximate surface area is 121 Å². The van der Waals surface area contributed by atoms with Gasteiger partial charge in [0.2, 0.25) is 5.88 Å². The number of nitrogens with one attached hydrogen (secondary N) is 1. The third kappa shape index (κ3) is 3.15. The molecule has 0 bridgehead atoms. The lowest BCUT2D eigenvalue weighted by molar-refractivity contribution is -0.0292. The molecule has 2 rings (SSSR count). The molecule has 2 heterocycles. The summed E-state index contributed by atoms with van der Waals surface area (Å²) >= 11 is 0. The Morgan fingerprint density at radius 3 is 3.00 bits per heavy atom. The van der Waals surface area contributed by atoms with Crippen LogP contribution in [0.2, 0.25) is 0 Å². The van der Waals surface area contributed by atoms with Gasteiger partial charge in [0.1, 0.15) is 0 Å². The van der Waals surface area contributed by atoms with Crippen molar-refractivity contribution in [3.63, 3.8) is 0 Å². The van der Waals surface area contributed by atoms with Gasteiger partial charge in [0.25, 0.3) is 0 Å². The first-order chi connectivity index (χ1) is 9.69. The zero-order chi connectivity index (χ0) is 14.5. The second-order valence-electron chi connectivity index (χ2n) is 5.53. The van der Waals surface area contributed by atoms with Crippen LogP contribution >= 0.6 is 0 Å². The minimum atomic E-state index is 0.0942. The molecule has 1 saturated heterocycles. The Hall–Kier alpha value is -1.07. The lowest BCUT2D eigenvalue weighted by atomic mass is 9.89. The van der Waals surface area contributed by atoms with Gasteiger partial charge in [-0.15, -0.1) is 0 Å². The van der Waals surface area contributed by atoms with Crippen molar-refractivity contribution in [2.45, 2.75) is 39.2 Å². The quantitative estimate of drug-likeness (QED) is 0.812. The molecule has 0 aromatic carbocycles. The van der Waals surface area contributed by atoms with Crippen LogP contribution in [0.25, 0.3) is 0 Å². The topological polar surface area (TPSA) is 48.3 Å². The van der Waals surface area contributed by atoms with E-state index in [1.54, 1.807) is 11.8 Å². The molecule has 0 aliphatic carbocycles. The molecular weight excluding hydrogens is 254 g/mol. The molecule has 20 heavy (non-hydrogen) atoms. The maximum absolute atomic E-state index is 6.07. The number of hydrogen-bond donors (Lipinski definition) is 1. The number of ether oxygens (including phenoxy) is 2. The van der Waals surface area contributed by atoms with Gasteiger partial charge in [-0.05, 0) is 32.7 Å². The minimum absolute atomic E-state index is 0.0942. The van der Waals surface area contributed by atoms with Gasteiger partial charge in [-0.2, -0.15) is 5.10 Å². The molecule has 5 nitrogen and oxygen atoms in total. The number of methoxy groups -OCH3 is 1. The number of rotatable bonds is 6. The average Bonchev–Trinajstić information content (AvgIpc) is 2.73. The molecule has 1 aliphatic rings. The van der Waals surface area contributed by atoms with Crippen molar-refractivity contribution in [3.05, 3.63) is 11.3 Å². The summed E-state index contributed by atoms with van der Waals surface area (Å²) in [6.45, 7) is 7.11. The molecule has 1 aliphatic heterocycles. The summed E-state index contributed by atoms with van der Waals surface area (Å²) < 4.78 is 13.4. The highest BCUT2D eigenvalue weighted by atomic mass is 16.5. The molecule has 1 aromatic rings. The van der Waals surface area contributed by atoms with E-state index in [0.717, 1.165) is 49.7 Å². The standard InChI is InChI=1S/C15H27N3O2/c1-5-8-16-10-12-7-6-9-20-14(12)13-11(2)17-18(3)15(13)19-4/h12,14,16H,5-10H2,1-4H3. The number of aromatic nitrogens is 2. The van der Waals surface area contributed by atoms with Crippen LogP contribution in [-0.4, -0.2) is 36.6 Å². The SMILES string of the molecule is CCCNCC1CCCOC1c1c(C)nn(C)c1OC. The summed E-state index contributed by atoms with van der Waals surface area (Å²) in [4.78, 5) is 0. The Morgan fingerprint density at radius 1 is 1.50 bits per heavy atom. The highest BCUT2D eigenvalue weighted by molar-refractivity contribution is 5.34. The number of nitrogens with zero attached hydrogens (tertiary/aromatic N) is 2. The summed E-state index contributed by atoms with van der Waals surface area (Å²) in [5, 5.41) is 8.00. The van der Waals surface area contributed by atoms with E-state index in [1.807, 2.05) is 14.0 Å². The van der Waals surface area contributed by atoms with Gasteiger partial charge < -0.3 is 14.8 Å². The second kappa shape index (κ2) is 7.09. The van der Waals surface area contributed by atoms with Crippen molar-refractivity contribution in [3.8, 4) is 5.88 Å². The monoisotopic (exact) mass is 281 g/mol. The van der Waals surface area contributed by atoms with Crippen LogP contribution in [0.5, 0.6) is 5.88 Å². The predicted molar refractivity (Wildman–Crippen MR) is 79.1 cm³/mol. The summed E-state index contributed by atoms with van der Waals surface area (Å²) in [6, 6.07) is 0. The maximum Gasteiger partial charge on any atom is 0.217 e. The van der Waals surface area contributed by atoms with Gasteiger partial charge in [0, 0.05) is 26.1 Å². The van der Waals surface area contributed by atoms with E-state index < -0.39 is 0 Å². The Morgan fingerprint density at radius 2 is 2.30 bits per heavy atom. The second-order valence-corrected chi connectivity index (χ2v) is 5.53. The van der Waals surface area contributed by atoms with Gasteiger partial charge >= 0.3 is 0 Å². The molecule has 0 spiro atoms. The molecule has 114 valence electrons. The molecule has 2 unspecified atom stereocenters. The summed E-state index contributed by atoms with van der Waals surface area (Å²) in [5.41, 5.74) is 2.13. The van der Waals surface area contributed by atoms with Crippen molar-refractivity contribution in [1.29, 1.82) is 0 Å². The van der Waals surface area contributed by atoms with Gasteiger partial charge in [-0.1, -0.05) is 6.92 Å². The highest BCUT2D eigenvalue weighted by Gasteiger charge is 2.33. The van der Waals surface area contributed by atoms with Crippen LogP contribution in [0, 0.1) is 12.8 Å². The molecule has 0 amide bonds. The van der Waals surface area contributed by atoms with E-state index in [-0.39, 0.29) is 6.10 Å². The first kappa shape index (κ1) is 15.3. The van der Waals surface area contributed by atoms with E-state index in [0.29, 0.717) is 5.92 Å². The third-order valence-electron chi connectivity index (χ3n) is 3.97. The van der Waals surface area contributed by atoms with Crippen LogP contribution in [0.3, 0.4) is 0 Å². The van der Waals surface area contributed by atoms with Crippen LogP contribution in [0.4, 0.5) is 0 Å². The summed E-state index contributed by atoms with van der Waals surface area (Å²) in [5.74, 6) is 1.32. The Balaban J connectivity index is 2.19. The van der Waals surface area contributed by atoms with Gasteiger partial charge in [-0.3, -0.25) is 0 Å². The van der Waals surface area contributed by atoms with Crippen LogP contribution in [-0.2, 0) is 11.8 Å². The maximum atomic E-state index is 6.07. The summed E-state index contributed by atoms with van der Waals surface area (Å²) in [7, 11) is 3.62. The smallest absolute Gasteiger partial charge is 0.217 e. The van der Waals surface area contributed by atoms with Crippen LogP contribution in [0.1, 0.15) is 43.5 Å². The largest absolute Gasteiger partial charge is 0.481 e. The van der Waals surface area contributed by atoms with E-state index in [1.165, 1.54) is 6.42 Å². The molecule has 1 fully saturated rings. The number of hydrogen-bond acceptors (Lipinski definition) is 4.